The minimum atomic E-state index is -0.283. The Balaban J connectivity index is 1.91. The summed E-state index contributed by atoms with van der Waals surface area (Å²) in [5.41, 5.74) is 5.46. The molecule has 0 saturated carbocycles. The van der Waals surface area contributed by atoms with Crippen LogP contribution in [0, 0.1) is 0 Å². The zero-order valence-corrected chi connectivity index (χ0v) is 11.6. The van der Waals surface area contributed by atoms with E-state index >= 15 is 0 Å². The number of carbonyl (C=O) groups is 1. The van der Waals surface area contributed by atoms with Gasteiger partial charge in [-0.15, -0.1) is 10.5 Å². The van der Waals surface area contributed by atoms with Gasteiger partial charge in [-0.25, -0.2) is 0 Å². The highest BCUT2D eigenvalue weighted by atomic mass is 32.2. The number of thioether (sulfide) groups is 1. The average molecular weight is 276 g/mol. The topological polar surface area (TPSA) is 65.1 Å². The van der Waals surface area contributed by atoms with Crippen LogP contribution >= 0.6 is 11.8 Å². The fourth-order valence-electron chi connectivity index (χ4n) is 1.47. The number of hydrogen-bond acceptors (Lipinski definition) is 4. The van der Waals surface area contributed by atoms with E-state index in [0.29, 0.717) is 23.1 Å². The van der Waals surface area contributed by atoms with Gasteiger partial charge in [0.05, 0.1) is 7.11 Å². The van der Waals surface area contributed by atoms with E-state index in [1.165, 1.54) is 11.8 Å². The van der Waals surface area contributed by atoms with E-state index in [-0.39, 0.29) is 5.91 Å². The van der Waals surface area contributed by atoms with Crippen LogP contribution in [0.3, 0.4) is 0 Å². The fraction of sp³-hybridized carbons (Fsp3) is 0.308. The second-order valence-corrected chi connectivity index (χ2v) is 4.78. The third-order valence-corrected chi connectivity index (χ3v) is 3.47. The summed E-state index contributed by atoms with van der Waals surface area (Å²) in [6.07, 6.45) is 0.558. The lowest BCUT2D eigenvalue weighted by atomic mass is 10.2. The van der Waals surface area contributed by atoms with Crippen molar-refractivity contribution in [1.82, 2.24) is 5.43 Å². The monoisotopic (exact) mass is 276 g/mol. The highest BCUT2D eigenvalue weighted by molar-refractivity contribution is 8.13. The van der Waals surface area contributed by atoms with Gasteiger partial charge in [0, 0.05) is 5.75 Å². The standard InChI is InChI=1S/C13H14N3O2S/c1-3-11-12(17)14-13(16-15-11)19-8-9-4-6-10(18-2)7-5-9/h4-7H,3,8H2,1-2H3. The molecule has 1 amide bonds. The first-order valence-electron chi connectivity index (χ1n) is 5.89. The largest absolute Gasteiger partial charge is 0.497 e. The molecule has 0 spiro atoms. The number of amides is 1. The van der Waals surface area contributed by atoms with Gasteiger partial charge in [0.15, 0.2) is 0 Å². The number of nitrogens with zero attached hydrogens (tertiary/aromatic N) is 3. The Bertz CT molecular complexity index is 523. The molecule has 1 heterocycles. The molecule has 0 fully saturated rings. The van der Waals surface area contributed by atoms with Crippen LogP contribution in [0.1, 0.15) is 18.9 Å². The van der Waals surface area contributed by atoms with Gasteiger partial charge in [-0.05, 0) is 24.1 Å². The molecular formula is C13H14N3O2S. The third-order valence-electron chi connectivity index (χ3n) is 2.56. The fourth-order valence-corrected chi connectivity index (χ4v) is 2.21. The molecule has 0 aliphatic carbocycles. The molecule has 2 rings (SSSR count). The van der Waals surface area contributed by atoms with Crippen molar-refractivity contribution in [3.8, 4) is 5.75 Å². The van der Waals surface area contributed by atoms with Gasteiger partial charge in [0.2, 0.25) is 5.17 Å². The Morgan fingerprint density at radius 3 is 2.58 bits per heavy atom. The number of ether oxygens (including phenoxy) is 1. The normalized spacial score (nSPS) is 14.5. The second-order valence-electron chi connectivity index (χ2n) is 3.84. The van der Waals surface area contributed by atoms with Crippen molar-refractivity contribution in [2.24, 2.45) is 10.1 Å². The Kier molecular flexibility index (Phi) is 4.57. The Labute approximate surface area is 116 Å². The zero-order valence-electron chi connectivity index (χ0n) is 10.8. The summed E-state index contributed by atoms with van der Waals surface area (Å²) in [7, 11) is 1.63. The Morgan fingerprint density at radius 1 is 1.26 bits per heavy atom. The molecule has 1 aromatic rings. The maximum atomic E-state index is 11.5. The molecule has 6 heteroatoms. The Hall–Kier alpha value is -1.82. The number of methoxy groups -OCH3 is 1. The molecule has 0 saturated heterocycles. The summed E-state index contributed by atoms with van der Waals surface area (Å²) in [6, 6.07) is 7.73. The van der Waals surface area contributed by atoms with E-state index in [1.54, 1.807) is 7.11 Å². The van der Waals surface area contributed by atoms with Crippen molar-refractivity contribution in [1.29, 1.82) is 0 Å². The molecule has 1 radical (unpaired) electrons. The van der Waals surface area contributed by atoms with Gasteiger partial charge in [0.1, 0.15) is 11.5 Å². The molecule has 1 aliphatic rings. The van der Waals surface area contributed by atoms with Gasteiger partial charge in [-0.1, -0.05) is 30.8 Å². The zero-order chi connectivity index (χ0) is 13.7. The molecule has 1 aliphatic heterocycles. The van der Waals surface area contributed by atoms with Gasteiger partial charge in [0.25, 0.3) is 5.91 Å². The summed E-state index contributed by atoms with van der Waals surface area (Å²) in [5, 5.41) is 4.29. The van der Waals surface area contributed by atoms with Crippen LogP contribution < -0.4 is 10.2 Å². The first-order valence-corrected chi connectivity index (χ1v) is 6.87. The highest BCUT2D eigenvalue weighted by Gasteiger charge is 2.17. The molecule has 5 nitrogen and oxygen atoms in total. The number of benzene rings is 1. The van der Waals surface area contributed by atoms with Crippen LogP contribution in [0.15, 0.2) is 34.4 Å². The van der Waals surface area contributed by atoms with Gasteiger partial charge in [-0.2, -0.15) is 4.99 Å². The van der Waals surface area contributed by atoms with Crippen LogP contribution in [-0.2, 0) is 10.5 Å². The lowest BCUT2D eigenvalue weighted by molar-refractivity contribution is -0.112. The van der Waals surface area contributed by atoms with Gasteiger partial charge >= 0.3 is 0 Å². The summed E-state index contributed by atoms with van der Waals surface area (Å²) >= 11 is 1.39. The van der Waals surface area contributed by atoms with Crippen molar-refractivity contribution in [3.63, 3.8) is 0 Å². The minimum absolute atomic E-state index is 0.283. The summed E-state index contributed by atoms with van der Waals surface area (Å²) < 4.78 is 5.09. The lowest BCUT2D eigenvalue weighted by Gasteiger charge is -2.08. The number of rotatable bonds is 4. The molecule has 0 unspecified atom stereocenters. The summed E-state index contributed by atoms with van der Waals surface area (Å²) in [4.78, 5) is 15.4. The van der Waals surface area contributed by atoms with E-state index in [4.69, 9.17) is 4.74 Å². The van der Waals surface area contributed by atoms with E-state index in [0.717, 1.165) is 11.3 Å². The second kappa shape index (κ2) is 6.38. The van der Waals surface area contributed by atoms with Crippen molar-refractivity contribution in [3.05, 3.63) is 29.8 Å². The third kappa shape index (κ3) is 3.57. The van der Waals surface area contributed by atoms with Gasteiger partial charge < -0.3 is 4.74 Å². The minimum Gasteiger partial charge on any atom is -0.497 e. The van der Waals surface area contributed by atoms with Crippen LogP contribution in [0.5, 0.6) is 5.75 Å². The number of hydrogen-bond donors (Lipinski definition) is 0. The molecule has 0 N–H and O–H groups in total. The Morgan fingerprint density at radius 2 is 2.00 bits per heavy atom. The van der Waals surface area contributed by atoms with Gasteiger partial charge in [-0.3, -0.25) is 4.79 Å². The maximum Gasteiger partial charge on any atom is 0.295 e. The molecule has 99 valence electrons. The quantitative estimate of drug-likeness (QED) is 0.846. The smallest absolute Gasteiger partial charge is 0.295 e. The first kappa shape index (κ1) is 13.6. The lowest BCUT2D eigenvalue weighted by Crippen LogP contribution is -2.23. The summed E-state index contributed by atoms with van der Waals surface area (Å²) in [5.74, 6) is 1.23. The van der Waals surface area contributed by atoms with E-state index in [1.807, 2.05) is 31.2 Å². The molecule has 19 heavy (non-hydrogen) atoms. The molecule has 0 bridgehead atoms. The van der Waals surface area contributed by atoms with Crippen molar-refractivity contribution < 1.29 is 9.53 Å². The number of aliphatic imine (C=N–C) groups is 1. The van der Waals surface area contributed by atoms with Crippen molar-refractivity contribution in [2.45, 2.75) is 19.1 Å². The molecule has 1 aromatic carbocycles. The van der Waals surface area contributed by atoms with E-state index in [9.17, 15) is 4.79 Å². The SMILES string of the molecule is CCC1=N[N]C(SCc2ccc(OC)cc2)=NC1=O. The predicted molar refractivity (Wildman–Crippen MR) is 76.6 cm³/mol. The van der Waals surface area contributed by atoms with E-state index in [2.05, 4.69) is 15.5 Å². The molecule has 0 aromatic heterocycles. The van der Waals surface area contributed by atoms with Crippen LogP contribution in [-0.4, -0.2) is 23.9 Å². The van der Waals surface area contributed by atoms with E-state index < -0.39 is 0 Å². The van der Waals surface area contributed by atoms with Crippen molar-refractivity contribution >= 4 is 28.5 Å². The number of amidine groups is 1. The predicted octanol–water partition coefficient (Wildman–Crippen LogP) is 2.20. The maximum absolute atomic E-state index is 11.5. The van der Waals surface area contributed by atoms with Crippen LogP contribution in [0.25, 0.3) is 0 Å². The highest BCUT2D eigenvalue weighted by Crippen LogP contribution is 2.18. The number of carbonyl (C=O) groups excluding carboxylic acids is 1. The molecular weight excluding hydrogens is 262 g/mol. The van der Waals surface area contributed by atoms with Crippen molar-refractivity contribution in [2.75, 3.05) is 7.11 Å². The van der Waals surface area contributed by atoms with Crippen LogP contribution in [0.2, 0.25) is 0 Å². The average Bonchev–Trinajstić information content (AvgIpc) is 2.46. The summed E-state index contributed by atoms with van der Waals surface area (Å²) in [6.45, 7) is 1.86. The molecule has 0 atom stereocenters. The first-order chi connectivity index (χ1) is 9.22. The van der Waals surface area contributed by atoms with Crippen LogP contribution in [0.4, 0.5) is 0 Å².